The van der Waals surface area contributed by atoms with Crippen LogP contribution in [0.25, 0.3) is 0 Å². The predicted molar refractivity (Wildman–Crippen MR) is 241 cm³/mol. The van der Waals surface area contributed by atoms with Crippen LogP contribution in [0.2, 0.25) is 0 Å². The minimum Gasteiger partial charge on any atom is -0.481 e. The second-order valence-electron chi connectivity index (χ2n) is 17.7. The fourth-order valence-corrected chi connectivity index (χ4v) is 10.1. The van der Waals surface area contributed by atoms with Gasteiger partial charge in [-0.1, -0.05) is 194 Å². The van der Waals surface area contributed by atoms with E-state index < -0.39 is 38.4 Å². The Bertz CT molecular complexity index is 967. The smallest absolute Gasteiger partial charge is 0.309 e. The van der Waals surface area contributed by atoms with Crippen LogP contribution in [0, 0.1) is 29.1 Å². The Kier molecular flexibility index (Phi) is 38.1. The molecule has 0 heterocycles. The summed E-state index contributed by atoms with van der Waals surface area (Å²) in [6, 6.07) is 2.34. The van der Waals surface area contributed by atoms with Gasteiger partial charge in [0.15, 0.2) is 0 Å². The van der Waals surface area contributed by atoms with E-state index in [2.05, 4.69) is 52.3 Å². The predicted octanol–water partition coefficient (Wildman–Crippen LogP) is 15.4. The molecule has 5 unspecified atom stereocenters. The van der Waals surface area contributed by atoms with Crippen molar-refractivity contribution in [3.8, 4) is 6.07 Å². The third-order valence-corrected chi connectivity index (χ3v) is 13.9. The van der Waals surface area contributed by atoms with Gasteiger partial charge in [0.2, 0.25) is 0 Å². The van der Waals surface area contributed by atoms with Crippen molar-refractivity contribution in [3.63, 3.8) is 0 Å². The number of nitriles is 1. The second kappa shape index (κ2) is 38.9. The van der Waals surface area contributed by atoms with Crippen molar-refractivity contribution in [1.82, 2.24) is 4.67 Å². The van der Waals surface area contributed by atoms with Gasteiger partial charge in [-0.2, -0.15) is 5.26 Å². The molecule has 9 heteroatoms. The number of aliphatic carboxylic acids is 2. The average molecular weight is 825 g/mol. The van der Waals surface area contributed by atoms with Crippen molar-refractivity contribution in [1.29, 1.82) is 5.26 Å². The lowest BCUT2D eigenvalue weighted by atomic mass is 9.80. The molecule has 8 nitrogen and oxygen atoms in total. The number of carboxylic acids is 2. The van der Waals surface area contributed by atoms with Gasteiger partial charge >= 0.3 is 11.9 Å². The number of hydrogen-bond acceptors (Lipinski definition) is 6. The highest BCUT2D eigenvalue weighted by atomic mass is 31.2. The lowest BCUT2D eigenvalue weighted by molar-refractivity contribution is -0.149. The number of hydrogen-bond donors (Lipinski definition) is 2. The Hall–Kier alpha value is -1.26. The topological polar surface area (TPSA) is 120 Å². The van der Waals surface area contributed by atoms with Crippen LogP contribution in [0.3, 0.4) is 0 Å². The SMILES string of the molecule is CCCCCCCCCCCCCCCCC(C(=O)O)C(C)CC(C(=O)O)C(CCCCCCCCCCCCCCC)OP(OCCC#N)N(C(C)C)C(C)C. The van der Waals surface area contributed by atoms with E-state index in [1.807, 2.05) is 6.92 Å². The van der Waals surface area contributed by atoms with Gasteiger partial charge in [0.25, 0.3) is 8.53 Å². The molecule has 0 aliphatic rings. The van der Waals surface area contributed by atoms with Gasteiger partial charge in [0.05, 0.1) is 37.0 Å². The third-order valence-electron chi connectivity index (χ3n) is 11.7. The van der Waals surface area contributed by atoms with E-state index in [1.165, 1.54) is 135 Å². The minimum atomic E-state index is -1.63. The normalized spacial score (nSPS) is 14.5. The molecule has 0 saturated carbocycles. The van der Waals surface area contributed by atoms with Gasteiger partial charge in [-0.3, -0.25) is 9.59 Å². The first-order chi connectivity index (χ1) is 27.5. The fraction of sp³-hybridized carbons (Fsp3) is 0.938. The summed E-state index contributed by atoms with van der Waals surface area (Å²) in [4.78, 5) is 25.6. The maximum Gasteiger partial charge on any atom is 0.309 e. The summed E-state index contributed by atoms with van der Waals surface area (Å²) in [5, 5.41) is 30.2. The van der Waals surface area contributed by atoms with E-state index in [0.29, 0.717) is 12.8 Å². The third kappa shape index (κ3) is 30.4. The number of nitrogens with zero attached hydrogens (tertiary/aromatic N) is 2. The summed E-state index contributed by atoms with van der Waals surface area (Å²) in [5.74, 6) is -3.50. The van der Waals surface area contributed by atoms with Crippen molar-refractivity contribution in [2.75, 3.05) is 6.61 Å². The van der Waals surface area contributed by atoms with E-state index in [-0.39, 0.29) is 37.5 Å². The molecule has 2 N–H and O–H groups in total. The number of carbonyl (C=O) groups is 2. The summed E-state index contributed by atoms with van der Waals surface area (Å²) >= 11 is 0. The summed E-state index contributed by atoms with van der Waals surface area (Å²) in [7, 11) is -1.63. The van der Waals surface area contributed by atoms with Gasteiger partial charge in [0, 0.05) is 12.1 Å². The second-order valence-corrected chi connectivity index (χ2v) is 19.1. The molecule has 336 valence electrons. The lowest BCUT2D eigenvalue weighted by Crippen LogP contribution is -2.38. The van der Waals surface area contributed by atoms with E-state index in [1.54, 1.807) is 0 Å². The monoisotopic (exact) mass is 825 g/mol. The van der Waals surface area contributed by atoms with Crippen LogP contribution in [0.4, 0.5) is 0 Å². The largest absolute Gasteiger partial charge is 0.481 e. The number of rotatable bonds is 43. The molecule has 0 aliphatic carbocycles. The van der Waals surface area contributed by atoms with Crippen molar-refractivity contribution in [3.05, 3.63) is 0 Å². The standard InChI is InChI=1S/C48H93N2O6P/c1-8-10-12-14-16-18-20-22-24-25-27-29-31-33-36-44(47(51)52)43(7)40-45(48(53)54)46(56-57(55-39-35-38-49)50(41(3)4)42(5)6)37-34-32-30-28-26-23-21-19-17-15-13-11-9-2/h41-46H,8-37,39-40H2,1-7H3,(H,51,52)(H,53,54). The maximum absolute atomic E-state index is 13.1. The zero-order valence-corrected chi connectivity index (χ0v) is 39.4. The Morgan fingerprint density at radius 1 is 0.561 bits per heavy atom. The van der Waals surface area contributed by atoms with Gasteiger partial charge < -0.3 is 19.3 Å². The molecule has 0 spiro atoms. The molecule has 0 radical (unpaired) electrons. The number of unbranched alkanes of at least 4 members (excludes halogenated alkanes) is 25. The van der Waals surface area contributed by atoms with Crippen molar-refractivity contribution >= 4 is 20.5 Å². The summed E-state index contributed by atoms with van der Waals surface area (Å²) in [6.45, 7) is 15.0. The minimum absolute atomic E-state index is 0.0962. The van der Waals surface area contributed by atoms with Crippen LogP contribution < -0.4 is 0 Å². The molecule has 0 aromatic rings. The van der Waals surface area contributed by atoms with Crippen molar-refractivity contribution in [2.45, 2.75) is 266 Å². The molecule has 0 fully saturated rings. The lowest BCUT2D eigenvalue weighted by Gasteiger charge is -2.39. The zero-order chi connectivity index (χ0) is 42.5. The van der Waals surface area contributed by atoms with Gasteiger partial charge in [0.1, 0.15) is 0 Å². The molecule has 0 rings (SSSR count). The highest BCUT2D eigenvalue weighted by Gasteiger charge is 2.38. The van der Waals surface area contributed by atoms with E-state index >= 15 is 0 Å². The maximum atomic E-state index is 13.1. The van der Waals surface area contributed by atoms with Crippen LogP contribution in [0.1, 0.15) is 248 Å². The van der Waals surface area contributed by atoms with Crippen LogP contribution in [-0.2, 0) is 18.6 Å². The first-order valence-electron chi connectivity index (χ1n) is 24.2. The molecule has 0 aromatic carbocycles. The summed E-state index contributed by atoms with van der Waals surface area (Å²) in [5.41, 5.74) is 0. The molecule has 0 amide bonds. The quantitative estimate of drug-likeness (QED) is 0.0461. The Morgan fingerprint density at radius 3 is 1.25 bits per heavy atom. The Labute approximate surface area is 354 Å². The Morgan fingerprint density at radius 2 is 0.912 bits per heavy atom. The van der Waals surface area contributed by atoms with Crippen LogP contribution in [0.15, 0.2) is 0 Å². The first-order valence-corrected chi connectivity index (χ1v) is 25.3. The highest BCUT2D eigenvalue weighted by molar-refractivity contribution is 7.44. The number of carboxylic acid groups (broad SMARTS) is 2. The molecule has 57 heavy (non-hydrogen) atoms. The van der Waals surface area contributed by atoms with Crippen LogP contribution in [0.5, 0.6) is 0 Å². The zero-order valence-electron chi connectivity index (χ0n) is 38.5. The van der Waals surface area contributed by atoms with Gasteiger partial charge in [-0.05, 0) is 52.9 Å². The average Bonchev–Trinajstić information content (AvgIpc) is 3.16. The molecule has 0 saturated heterocycles. The summed E-state index contributed by atoms with van der Waals surface area (Å²) in [6.07, 6.45) is 34.7. The fourth-order valence-electron chi connectivity index (χ4n) is 8.29. The van der Waals surface area contributed by atoms with E-state index in [9.17, 15) is 25.1 Å². The van der Waals surface area contributed by atoms with Gasteiger partial charge in [-0.25, -0.2) is 4.67 Å². The molecule has 0 aromatic heterocycles. The van der Waals surface area contributed by atoms with Crippen LogP contribution in [-0.4, -0.2) is 51.6 Å². The van der Waals surface area contributed by atoms with E-state index in [0.717, 1.165) is 38.5 Å². The Balaban J connectivity index is 5.35. The van der Waals surface area contributed by atoms with E-state index in [4.69, 9.17) is 9.05 Å². The molecule has 5 atom stereocenters. The highest BCUT2D eigenvalue weighted by Crippen LogP contribution is 2.49. The molecule has 0 bridgehead atoms. The first kappa shape index (κ1) is 55.7. The summed E-state index contributed by atoms with van der Waals surface area (Å²) < 4.78 is 15.2. The van der Waals surface area contributed by atoms with Crippen molar-refractivity contribution < 1.29 is 28.8 Å². The molecule has 0 aliphatic heterocycles. The van der Waals surface area contributed by atoms with Crippen LogP contribution >= 0.6 is 8.53 Å². The molecular weight excluding hydrogens is 732 g/mol. The molecular formula is C48H93N2O6P. The van der Waals surface area contributed by atoms with Crippen molar-refractivity contribution in [2.24, 2.45) is 17.8 Å². The van der Waals surface area contributed by atoms with Gasteiger partial charge in [-0.15, -0.1) is 0 Å².